The van der Waals surface area contributed by atoms with E-state index < -0.39 is 12.1 Å². The van der Waals surface area contributed by atoms with Crippen molar-refractivity contribution < 1.29 is 14.4 Å². The molecule has 0 aliphatic heterocycles. The van der Waals surface area contributed by atoms with E-state index in [4.69, 9.17) is 5.90 Å². The summed E-state index contributed by atoms with van der Waals surface area (Å²) < 4.78 is 4.50. The monoisotopic (exact) mass is 175 g/mol. The number of nitrogens with two attached hydrogens (primary N) is 1. The second-order valence-electron chi connectivity index (χ2n) is 2.90. The average molecular weight is 175 g/mol. The van der Waals surface area contributed by atoms with Gasteiger partial charge in [0, 0.05) is 0 Å². The first-order valence-corrected chi connectivity index (χ1v) is 4.09. The highest BCUT2D eigenvalue weighted by atomic mass is 16.6. The molecule has 4 nitrogen and oxygen atoms in total. The summed E-state index contributed by atoms with van der Waals surface area (Å²) in [6.07, 6.45) is 0.987. The maximum absolute atomic E-state index is 11.0. The van der Waals surface area contributed by atoms with Crippen molar-refractivity contribution in [3.8, 4) is 0 Å². The average Bonchev–Trinajstić information content (AvgIpc) is 2.12. The lowest BCUT2D eigenvalue weighted by molar-refractivity contribution is -0.155. The van der Waals surface area contributed by atoms with E-state index in [2.05, 4.69) is 16.5 Å². The van der Waals surface area contributed by atoms with Gasteiger partial charge in [-0.2, -0.15) is 0 Å². The summed E-state index contributed by atoms with van der Waals surface area (Å²) in [4.78, 5) is 15.5. The van der Waals surface area contributed by atoms with Gasteiger partial charge in [0.15, 0.2) is 6.10 Å². The van der Waals surface area contributed by atoms with Crippen LogP contribution in [-0.4, -0.2) is 19.2 Å². The van der Waals surface area contributed by atoms with Gasteiger partial charge in [0.05, 0.1) is 7.11 Å². The highest BCUT2D eigenvalue weighted by Gasteiger charge is 2.20. The third kappa shape index (κ3) is 3.69. The molecular formula is C8H17NO3. The Hall–Kier alpha value is -0.610. The number of ether oxygens (including phenoxy) is 1. The van der Waals surface area contributed by atoms with Gasteiger partial charge < -0.3 is 4.74 Å². The molecule has 0 aromatic heterocycles. The summed E-state index contributed by atoms with van der Waals surface area (Å²) in [6.45, 7) is 4.09. The number of carbonyl (C=O) groups is 1. The molecule has 72 valence electrons. The van der Waals surface area contributed by atoms with Crippen molar-refractivity contribution >= 4 is 5.97 Å². The van der Waals surface area contributed by atoms with E-state index in [1.54, 1.807) is 0 Å². The third-order valence-electron chi connectivity index (χ3n) is 1.94. The Morgan fingerprint density at radius 2 is 2.17 bits per heavy atom. The molecule has 0 amide bonds. The molecule has 0 aromatic rings. The molecule has 0 aliphatic rings. The summed E-state index contributed by atoms with van der Waals surface area (Å²) in [6, 6.07) is 0. The van der Waals surface area contributed by atoms with Crippen LogP contribution in [0.5, 0.6) is 0 Å². The largest absolute Gasteiger partial charge is 0.467 e. The Kier molecular flexibility index (Phi) is 5.66. The Morgan fingerprint density at radius 1 is 1.58 bits per heavy atom. The van der Waals surface area contributed by atoms with Crippen molar-refractivity contribution in [1.82, 2.24) is 0 Å². The van der Waals surface area contributed by atoms with Gasteiger partial charge in [0.1, 0.15) is 0 Å². The van der Waals surface area contributed by atoms with E-state index in [9.17, 15) is 4.79 Å². The molecule has 0 bridgehead atoms. The fourth-order valence-corrected chi connectivity index (χ4v) is 0.871. The highest BCUT2D eigenvalue weighted by Crippen LogP contribution is 2.12. The van der Waals surface area contributed by atoms with E-state index in [1.807, 2.05) is 6.92 Å². The van der Waals surface area contributed by atoms with Crippen LogP contribution in [0, 0.1) is 5.92 Å². The lowest BCUT2D eigenvalue weighted by Crippen LogP contribution is -2.30. The van der Waals surface area contributed by atoms with Gasteiger partial charge in [-0.25, -0.2) is 10.7 Å². The molecule has 0 spiro atoms. The number of hydrogen-bond donors (Lipinski definition) is 1. The minimum Gasteiger partial charge on any atom is -0.467 e. The quantitative estimate of drug-likeness (QED) is 0.497. The van der Waals surface area contributed by atoms with E-state index in [0.29, 0.717) is 12.3 Å². The lowest BCUT2D eigenvalue weighted by atomic mass is 10.0. The molecular weight excluding hydrogens is 158 g/mol. The zero-order valence-corrected chi connectivity index (χ0v) is 7.87. The van der Waals surface area contributed by atoms with Crippen LogP contribution in [0.3, 0.4) is 0 Å². The Labute approximate surface area is 73.0 Å². The first-order valence-electron chi connectivity index (χ1n) is 4.09. The van der Waals surface area contributed by atoms with Crippen LogP contribution in [0.1, 0.15) is 26.7 Å². The predicted molar refractivity (Wildman–Crippen MR) is 45.1 cm³/mol. The van der Waals surface area contributed by atoms with Crippen LogP contribution in [0.4, 0.5) is 0 Å². The number of rotatable bonds is 5. The first-order chi connectivity index (χ1) is 5.65. The van der Waals surface area contributed by atoms with E-state index in [-0.39, 0.29) is 0 Å². The molecule has 0 radical (unpaired) electrons. The van der Waals surface area contributed by atoms with E-state index in [1.165, 1.54) is 7.11 Å². The van der Waals surface area contributed by atoms with Crippen molar-refractivity contribution in [3.63, 3.8) is 0 Å². The molecule has 2 N–H and O–H groups in total. The SMILES string of the molecule is CC[C@@H](C)C[C@H](ON)C(=O)OC. The molecule has 0 rings (SSSR count). The van der Waals surface area contributed by atoms with E-state index in [0.717, 1.165) is 6.42 Å². The number of methoxy groups -OCH3 is 1. The maximum atomic E-state index is 11.0. The molecule has 2 atom stereocenters. The van der Waals surface area contributed by atoms with Crippen LogP contribution < -0.4 is 5.90 Å². The molecule has 0 heterocycles. The van der Waals surface area contributed by atoms with Crippen LogP contribution in [-0.2, 0) is 14.4 Å². The molecule has 12 heavy (non-hydrogen) atoms. The highest BCUT2D eigenvalue weighted by molar-refractivity contribution is 5.74. The normalized spacial score (nSPS) is 15.3. The lowest BCUT2D eigenvalue weighted by Gasteiger charge is -2.15. The minimum absolute atomic E-state index is 0.405. The Balaban J connectivity index is 3.90. The molecule has 0 aromatic carbocycles. The summed E-state index contributed by atoms with van der Waals surface area (Å²) in [7, 11) is 1.32. The van der Waals surface area contributed by atoms with Gasteiger partial charge >= 0.3 is 5.97 Å². The smallest absolute Gasteiger partial charge is 0.337 e. The van der Waals surface area contributed by atoms with E-state index >= 15 is 0 Å². The van der Waals surface area contributed by atoms with Crippen LogP contribution in [0.2, 0.25) is 0 Å². The molecule has 0 aliphatic carbocycles. The molecule has 0 saturated heterocycles. The van der Waals surface area contributed by atoms with Gasteiger partial charge in [-0.15, -0.1) is 0 Å². The summed E-state index contributed by atoms with van der Waals surface area (Å²) in [5.41, 5.74) is 0. The van der Waals surface area contributed by atoms with Gasteiger partial charge in [0.2, 0.25) is 0 Å². The standard InChI is InChI=1S/C8H17NO3/c1-4-6(2)5-7(12-9)8(10)11-3/h6-7H,4-5,9H2,1-3H3/t6-,7+/m1/s1. The Morgan fingerprint density at radius 3 is 2.50 bits per heavy atom. The van der Waals surface area contributed by atoms with Crippen molar-refractivity contribution in [2.45, 2.75) is 32.8 Å². The van der Waals surface area contributed by atoms with Crippen molar-refractivity contribution in [2.24, 2.45) is 11.8 Å². The Bertz CT molecular complexity index is 138. The van der Waals surface area contributed by atoms with Gasteiger partial charge in [0.25, 0.3) is 0 Å². The fourth-order valence-electron chi connectivity index (χ4n) is 0.871. The maximum Gasteiger partial charge on any atom is 0.337 e. The third-order valence-corrected chi connectivity index (χ3v) is 1.94. The molecule has 0 unspecified atom stereocenters. The van der Waals surface area contributed by atoms with Gasteiger partial charge in [-0.1, -0.05) is 20.3 Å². The first kappa shape index (κ1) is 11.4. The van der Waals surface area contributed by atoms with Gasteiger partial charge in [-0.05, 0) is 12.3 Å². The number of esters is 1. The van der Waals surface area contributed by atoms with Crippen molar-refractivity contribution in [2.75, 3.05) is 7.11 Å². The van der Waals surface area contributed by atoms with Crippen LogP contribution >= 0.6 is 0 Å². The van der Waals surface area contributed by atoms with Gasteiger partial charge in [-0.3, -0.25) is 4.84 Å². The summed E-state index contributed by atoms with van der Waals surface area (Å²) >= 11 is 0. The molecule has 4 heteroatoms. The number of hydrogen-bond acceptors (Lipinski definition) is 4. The second-order valence-corrected chi connectivity index (χ2v) is 2.90. The predicted octanol–water partition coefficient (Wildman–Crippen LogP) is 0.854. The summed E-state index contributed by atoms with van der Waals surface area (Å²) in [5, 5.41) is 0. The fraction of sp³-hybridized carbons (Fsp3) is 0.875. The topological polar surface area (TPSA) is 61.5 Å². The van der Waals surface area contributed by atoms with Crippen LogP contribution in [0.25, 0.3) is 0 Å². The second kappa shape index (κ2) is 5.97. The molecule has 0 saturated carbocycles. The summed E-state index contributed by atoms with van der Waals surface area (Å²) in [5.74, 6) is 4.96. The van der Waals surface area contributed by atoms with Crippen molar-refractivity contribution in [3.05, 3.63) is 0 Å². The number of carbonyl (C=O) groups excluding carboxylic acids is 1. The van der Waals surface area contributed by atoms with Crippen LogP contribution in [0.15, 0.2) is 0 Å². The molecule has 0 fully saturated rings. The minimum atomic E-state index is -0.620. The zero-order valence-electron chi connectivity index (χ0n) is 7.87. The zero-order chi connectivity index (χ0) is 9.56. The van der Waals surface area contributed by atoms with Crippen molar-refractivity contribution in [1.29, 1.82) is 0 Å².